The number of carbonyl (C=O) groups excluding carboxylic acids is 1. The predicted octanol–water partition coefficient (Wildman–Crippen LogP) is -0.960. The summed E-state index contributed by atoms with van der Waals surface area (Å²) in [6, 6.07) is 0. The van der Waals surface area contributed by atoms with Crippen LogP contribution in [0.2, 0.25) is 0 Å². The van der Waals surface area contributed by atoms with Gasteiger partial charge in [0.2, 0.25) is 0 Å². The van der Waals surface area contributed by atoms with E-state index in [4.69, 9.17) is 21.4 Å². The lowest BCUT2D eigenvalue weighted by atomic mass is 10.1. The molecule has 0 bridgehead atoms. The number of aliphatic hydroxyl groups is 1. The molecule has 2 aromatic rings. The van der Waals surface area contributed by atoms with Gasteiger partial charge in [0, 0.05) is 14.1 Å². The van der Waals surface area contributed by atoms with Crippen molar-refractivity contribution in [2.45, 2.75) is 24.5 Å². The zero-order chi connectivity index (χ0) is 18.6. The first-order valence-electron chi connectivity index (χ1n) is 7.74. The second kappa shape index (κ2) is 6.19. The Labute approximate surface area is 149 Å². The molecule has 2 aliphatic rings. The van der Waals surface area contributed by atoms with Gasteiger partial charge in [-0.25, -0.2) is 19.8 Å². The fraction of sp³-hybridized carbons (Fsp3) is 0.538. The highest BCUT2D eigenvalue weighted by Gasteiger charge is 2.57. The monoisotopic (exact) mass is 380 g/mol. The van der Waals surface area contributed by atoms with Crippen molar-refractivity contribution in [3.8, 4) is 0 Å². The molecule has 2 aliphatic heterocycles. The second-order valence-corrected chi connectivity index (χ2v) is 7.83. The first kappa shape index (κ1) is 17.7. The normalized spacial score (nSPS) is 34.0. The number of hydrogen-bond acceptors (Lipinski definition) is 9. The summed E-state index contributed by atoms with van der Waals surface area (Å²) < 4.78 is 17.6. The van der Waals surface area contributed by atoms with E-state index in [9.17, 15) is 14.8 Å². The summed E-state index contributed by atoms with van der Waals surface area (Å²) in [5, 5.41) is 10.6. The van der Waals surface area contributed by atoms with Gasteiger partial charge < -0.3 is 14.7 Å². The zero-order valence-corrected chi connectivity index (χ0v) is 14.9. The maximum Gasteiger partial charge on any atom is 0.488 e. The molecule has 1 amide bonds. The van der Waals surface area contributed by atoms with Crippen LogP contribution in [0, 0.1) is 0 Å². The lowest BCUT2D eigenvalue weighted by Crippen LogP contribution is -2.40. The Bertz CT molecular complexity index is 863. The van der Waals surface area contributed by atoms with E-state index in [0.29, 0.717) is 5.65 Å². The third kappa shape index (κ3) is 2.79. The SMILES string of the molecule is [B][P+]1(O)OC[C@H]2O[C@@H](n3cnc4c(C(=O)N(C)C)ncnc43)C(O)[C@H]2O1. The Morgan fingerprint density at radius 2 is 2.19 bits per heavy atom. The smallest absolute Gasteiger partial charge is 0.385 e. The molecule has 26 heavy (non-hydrogen) atoms. The molecule has 4 heterocycles. The van der Waals surface area contributed by atoms with Crippen LogP contribution in [0.5, 0.6) is 0 Å². The van der Waals surface area contributed by atoms with Crippen LogP contribution >= 0.6 is 7.82 Å². The van der Waals surface area contributed by atoms with Gasteiger partial charge in [-0.2, -0.15) is 9.05 Å². The maximum atomic E-state index is 12.3. The number of carbonyl (C=O) groups is 1. The molecule has 136 valence electrons. The minimum Gasteiger partial charge on any atom is -0.385 e. The second-order valence-electron chi connectivity index (χ2n) is 6.23. The van der Waals surface area contributed by atoms with Gasteiger partial charge in [-0.15, -0.1) is 0 Å². The zero-order valence-electron chi connectivity index (χ0n) is 14.0. The van der Waals surface area contributed by atoms with E-state index in [-0.39, 0.29) is 23.7 Å². The lowest BCUT2D eigenvalue weighted by molar-refractivity contribution is -0.0603. The number of aliphatic hydroxyl groups excluding tert-OH is 1. The van der Waals surface area contributed by atoms with E-state index < -0.39 is 32.4 Å². The van der Waals surface area contributed by atoms with E-state index in [0.717, 1.165) is 0 Å². The molecule has 2 unspecified atom stereocenters. The molecule has 0 aromatic carbocycles. The third-order valence-corrected chi connectivity index (χ3v) is 5.31. The van der Waals surface area contributed by atoms with Crippen molar-refractivity contribution < 1.29 is 28.6 Å². The van der Waals surface area contributed by atoms with Crippen molar-refractivity contribution in [2.75, 3.05) is 20.7 Å². The fourth-order valence-corrected chi connectivity index (χ4v) is 4.04. The Hall–Kier alpha value is -1.69. The van der Waals surface area contributed by atoms with Crippen LogP contribution in [0.25, 0.3) is 11.2 Å². The average molecular weight is 380 g/mol. The number of ether oxygens (including phenoxy) is 1. The van der Waals surface area contributed by atoms with Crippen LogP contribution in [-0.4, -0.2) is 86.9 Å². The van der Waals surface area contributed by atoms with Gasteiger partial charge in [-0.05, 0) is 0 Å². The lowest BCUT2D eigenvalue weighted by Gasteiger charge is -2.27. The Morgan fingerprint density at radius 1 is 1.42 bits per heavy atom. The largest absolute Gasteiger partial charge is 0.488 e. The quantitative estimate of drug-likeness (QED) is 0.499. The third-order valence-electron chi connectivity index (χ3n) is 4.25. The van der Waals surface area contributed by atoms with E-state index >= 15 is 0 Å². The highest BCUT2D eigenvalue weighted by atomic mass is 31.2. The van der Waals surface area contributed by atoms with Gasteiger partial charge in [0.25, 0.3) is 5.91 Å². The molecule has 2 fully saturated rings. The predicted molar refractivity (Wildman–Crippen MR) is 89.0 cm³/mol. The van der Waals surface area contributed by atoms with Crippen LogP contribution in [0.3, 0.4) is 0 Å². The Balaban J connectivity index is 1.70. The van der Waals surface area contributed by atoms with Gasteiger partial charge in [0.1, 0.15) is 30.7 Å². The standard InChI is InChI=1S/C13H16BN5O6P/c1-18(2)12(21)8-7-11(16-4-15-8)19(5-17-7)13-9(20)10-6(24-13)3-23-26(14,22)25-10/h4-6,9-10,13,20,22H,3H2,1-2H3/q+1/t6-,9?,10+,13-,26?/m1/s1. The summed E-state index contributed by atoms with van der Waals surface area (Å²) in [5.74, 6) is -0.320. The van der Waals surface area contributed by atoms with Crippen LogP contribution in [0.4, 0.5) is 0 Å². The maximum absolute atomic E-state index is 12.3. The fourth-order valence-electron chi connectivity index (χ4n) is 3.01. The minimum atomic E-state index is -3.47. The molecule has 0 saturated carbocycles. The van der Waals surface area contributed by atoms with Crippen LogP contribution in [0.15, 0.2) is 12.7 Å². The van der Waals surface area contributed by atoms with Gasteiger partial charge in [-0.3, -0.25) is 9.36 Å². The summed E-state index contributed by atoms with van der Waals surface area (Å²) in [6.45, 7) is -0.00894. The first-order valence-corrected chi connectivity index (χ1v) is 9.39. The van der Waals surface area contributed by atoms with Crippen LogP contribution in [-0.2, 0) is 13.8 Å². The van der Waals surface area contributed by atoms with Crippen molar-refractivity contribution in [1.82, 2.24) is 24.4 Å². The molecule has 13 heteroatoms. The summed E-state index contributed by atoms with van der Waals surface area (Å²) >= 11 is 0. The molecule has 5 atom stereocenters. The van der Waals surface area contributed by atoms with E-state index in [2.05, 4.69) is 15.0 Å². The number of hydrogen-bond donors (Lipinski definition) is 2. The molecular formula is C13H16BN5O6P+. The van der Waals surface area contributed by atoms with Crippen molar-refractivity contribution >= 4 is 32.5 Å². The molecule has 0 spiro atoms. The molecule has 0 aliphatic carbocycles. The van der Waals surface area contributed by atoms with Gasteiger partial charge in [0.05, 0.1) is 6.33 Å². The first-order chi connectivity index (χ1) is 12.3. The molecule has 2 saturated heterocycles. The van der Waals surface area contributed by atoms with E-state index in [1.54, 1.807) is 14.1 Å². The average Bonchev–Trinajstić information content (AvgIpc) is 3.15. The number of rotatable bonds is 2. The van der Waals surface area contributed by atoms with E-state index in [1.807, 2.05) is 0 Å². The summed E-state index contributed by atoms with van der Waals surface area (Å²) in [7, 11) is 5.25. The highest BCUT2D eigenvalue weighted by molar-refractivity contribution is 7.85. The molecular weight excluding hydrogens is 364 g/mol. The summed E-state index contributed by atoms with van der Waals surface area (Å²) in [6.07, 6.45) is -0.842. The number of nitrogens with zero attached hydrogens (tertiary/aromatic N) is 5. The van der Waals surface area contributed by atoms with Crippen molar-refractivity contribution in [3.05, 3.63) is 18.3 Å². The molecule has 2 radical (unpaired) electrons. The Kier molecular flexibility index (Phi) is 4.22. The van der Waals surface area contributed by atoms with Crippen molar-refractivity contribution in [3.63, 3.8) is 0 Å². The molecule has 2 aromatic heterocycles. The molecule has 4 rings (SSSR count). The van der Waals surface area contributed by atoms with Crippen LogP contribution in [0.1, 0.15) is 16.7 Å². The number of amides is 1. The van der Waals surface area contributed by atoms with Crippen molar-refractivity contribution in [1.29, 1.82) is 0 Å². The Morgan fingerprint density at radius 3 is 2.92 bits per heavy atom. The summed E-state index contributed by atoms with van der Waals surface area (Å²) in [5.41, 5.74) is 0.758. The number of imidazole rings is 1. The van der Waals surface area contributed by atoms with E-state index in [1.165, 1.54) is 22.1 Å². The molecule has 2 N–H and O–H groups in total. The minimum absolute atomic E-state index is 0.00894. The molecule has 11 nitrogen and oxygen atoms in total. The van der Waals surface area contributed by atoms with Gasteiger partial charge in [-0.1, -0.05) is 0 Å². The van der Waals surface area contributed by atoms with Gasteiger partial charge >= 0.3 is 15.4 Å². The summed E-state index contributed by atoms with van der Waals surface area (Å²) in [4.78, 5) is 35.8. The van der Waals surface area contributed by atoms with Crippen LogP contribution < -0.4 is 0 Å². The topological polar surface area (TPSA) is 132 Å². The van der Waals surface area contributed by atoms with Gasteiger partial charge in [0.15, 0.2) is 23.7 Å². The number of aromatic nitrogens is 4. The van der Waals surface area contributed by atoms with Crippen molar-refractivity contribution in [2.24, 2.45) is 0 Å². The number of fused-ring (bicyclic) bond motifs is 2. The highest BCUT2D eigenvalue weighted by Crippen LogP contribution is 2.58.